The van der Waals surface area contributed by atoms with Crippen LogP contribution in [0.2, 0.25) is 5.02 Å². The molecule has 0 heterocycles. The fourth-order valence-corrected chi connectivity index (χ4v) is 1.75. The summed E-state index contributed by atoms with van der Waals surface area (Å²) in [6.07, 6.45) is -1.65. The molecule has 1 aromatic carbocycles. The average molecular weight is 247 g/mol. The van der Waals surface area contributed by atoms with E-state index in [0.717, 1.165) is 0 Å². The lowest BCUT2D eigenvalue weighted by molar-refractivity contribution is 0.0334. The van der Waals surface area contributed by atoms with Gasteiger partial charge in [0.05, 0.1) is 6.10 Å². The van der Waals surface area contributed by atoms with E-state index in [0.29, 0.717) is 6.29 Å². The third kappa shape index (κ3) is 2.72. The zero-order chi connectivity index (χ0) is 11.4. The van der Waals surface area contributed by atoms with Crippen LogP contribution in [0.15, 0.2) is 18.2 Å². The molecule has 0 aromatic heterocycles. The van der Waals surface area contributed by atoms with Crippen molar-refractivity contribution >= 4 is 30.5 Å². The Labute approximate surface area is 98.1 Å². The Morgan fingerprint density at radius 2 is 2.13 bits per heavy atom. The summed E-state index contributed by atoms with van der Waals surface area (Å²) in [6, 6.07) is 4.69. The Bertz CT molecular complexity index is 357. The summed E-state index contributed by atoms with van der Waals surface area (Å²) in [7, 11) is 0. The zero-order valence-corrected chi connectivity index (χ0v) is 9.45. The molecule has 2 unspecified atom stereocenters. The van der Waals surface area contributed by atoms with Gasteiger partial charge >= 0.3 is 0 Å². The van der Waals surface area contributed by atoms with E-state index in [9.17, 15) is 15.0 Å². The highest BCUT2D eigenvalue weighted by atomic mass is 35.5. The summed E-state index contributed by atoms with van der Waals surface area (Å²) in [5.41, 5.74) is 0.520. The lowest BCUT2D eigenvalue weighted by atomic mass is 10.00. The Balaban J connectivity index is 3.16. The number of hydrogen-bond acceptors (Lipinski definition) is 4. The van der Waals surface area contributed by atoms with Gasteiger partial charge < -0.3 is 10.2 Å². The van der Waals surface area contributed by atoms with Crippen LogP contribution >= 0.6 is 24.2 Å². The van der Waals surface area contributed by atoms with Crippen LogP contribution in [0.3, 0.4) is 0 Å². The third-order valence-corrected chi connectivity index (χ3v) is 2.76. The molecule has 82 valence electrons. The average Bonchev–Trinajstić information content (AvgIpc) is 2.26. The zero-order valence-electron chi connectivity index (χ0n) is 7.80. The predicted molar refractivity (Wildman–Crippen MR) is 61.7 cm³/mol. The molecule has 2 atom stereocenters. The van der Waals surface area contributed by atoms with Crippen molar-refractivity contribution in [1.29, 1.82) is 0 Å². The quantitative estimate of drug-likeness (QED) is 0.557. The van der Waals surface area contributed by atoms with E-state index in [1.54, 1.807) is 12.1 Å². The van der Waals surface area contributed by atoms with Gasteiger partial charge in [0.1, 0.15) is 12.4 Å². The second kappa shape index (κ2) is 5.51. The van der Waals surface area contributed by atoms with Crippen molar-refractivity contribution < 1.29 is 15.0 Å². The van der Waals surface area contributed by atoms with Gasteiger partial charge in [0, 0.05) is 21.9 Å². The van der Waals surface area contributed by atoms with Crippen LogP contribution < -0.4 is 0 Å². The van der Waals surface area contributed by atoms with Gasteiger partial charge in [0.15, 0.2) is 0 Å². The minimum absolute atomic E-state index is 0.0880. The van der Waals surface area contributed by atoms with Crippen molar-refractivity contribution in [3.05, 3.63) is 34.3 Å². The van der Waals surface area contributed by atoms with Crippen molar-refractivity contribution in [1.82, 2.24) is 0 Å². The highest BCUT2D eigenvalue weighted by Gasteiger charge is 2.22. The molecule has 1 aromatic rings. The van der Waals surface area contributed by atoms with Crippen LogP contribution in [-0.2, 0) is 0 Å². The van der Waals surface area contributed by atoms with E-state index in [2.05, 4.69) is 12.6 Å². The Hall–Kier alpha value is -0.550. The maximum absolute atomic E-state index is 10.7. The maximum Gasteiger partial charge on any atom is 0.150 e. The molecule has 15 heavy (non-hydrogen) atoms. The topological polar surface area (TPSA) is 57.5 Å². The van der Waals surface area contributed by atoms with Crippen LogP contribution in [0, 0.1) is 0 Å². The van der Waals surface area contributed by atoms with E-state index < -0.39 is 12.2 Å². The maximum atomic E-state index is 10.7. The second-order valence-corrected chi connectivity index (χ2v) is 3.83. The molecule has 0 aliphatic heterocycles. The minimum Gasteiger partial charge on any atom is -0.389 e. The van der Waals surface area contributed by atoms with Crippen molar-refractivity contribution in [2.75, 3.05) is 5.75 Å². The van der Waals surface area contributed by atoms with Crippen LogP contribution in [0.1, 0.15) is 22.0 Å². The second-order valence-electron chi connectivity index (χ2n) is 3.06. The Morgan fingerprint density at radius 3 is 2.67 bits per heavy atom. The number of carbonyl (C=O) groups excluding carboxylic acids is 1. The summed E-state index contributed by atoms with van der Waals surface area (Å²) in [5, 5.41) is 19.4. The first-order valence-electron chi connectivity index (χ1n) is 4.32. The number of thiol groups is 1. The third-order valence-electron chi connectivity index (χ3n) is 2.06. The molecule has 0 radical (unpaired) electrons. The SMILES string of the molecule is O=Cc1cccc(Cl)c1C(O)C(O)CS. The monoisotopic (exact) mass is 246 g/mol. The molecule has 2 N–H and O–H groups in total. The van der Waals surface area contributed by atoms with Gasteiger partial charge in [-0.25, -0.2) is 0 Å². The lowest BCUT2D eigenvalue weighted by Gasteiger charge is -2.18. The molecule has 0 aliphatic carbocycles. The van der Waals surface area contributed by atoms with Crippen LogP contribution in [0.4, 0.5) is 0 Å². The van der Waals surface area contributed by atoms with Gasteiger partial charge in [0.25, 0.3) is 0 Å². The summed E-state index contributed by atoms with van der Waals surface area (Å²) in [5.74, 6) is 0.0880. The van der Waals surface area contributed by atoms with Gasteiger partial charge in [0.2, 0.25) is 0 Å². The molecule has 0 aliphatic rings. The minimum atomic E-state index is -1.20. The molecule has 1 rings (SSSR count). The number of aliphatic hydroxyl groups excluding tert-OH is 2. The van der Waals surface area contributed by atoms with Crippen molar-refractivity contribution in [2.45, 2.75) is 12.2 Å². The number of rotatable bonds is 4. The molecule has 0 saturated carbocycles. The molecular weight excluding hydrogens is 236 g/mol. The van der Waals surface area contributed by atoms with Crippen LogP contribution in [0.5, 0.6) is 0 Å². The number of aldehydes is 1. The Kier molecular flexibility index (Phi) is 4.60. The number of carbonyl (C=O) groups is 1. The van der Waals surface area contributed by atoms with Crippen LogP contribution in [-0.4, -0.2) is 28.4 Å². The number of hydrogen-bond donors (Lipinski definition) is 3. The van der Waals surface area contributed by atoms with E-state index in [1.807, 2.05) is 0 Å². The molecule has 0 bridgehead atoms. The largest absolute Gasteiger partial charge is 0.389 e. The number of halogens is 1. The molecular formula is C10H11ClO3S. The highest BCUT2D eigenvalue weighted by molar-refractivity contribution is 7.80. The predicted octanol–water partition coefficient (Wildman–Crippen LogP) is 1.48. The molecule has 3 nitrogen and oxygen atoms in total. The van der Waals surface area contributed by atoms with E-state index in [4.69, 9.17) is 11.6 Å². The van der Waals surface area contributed by atoms with Gasteiger partial charge in [-0.3, -0.25) is 4.79 Å². The molecule has 0 spiro atoms. The first-order chi connectivity index (χ1) is 7.11. The molecule has 0 fully saturated rings. The summed E-state index contributed by atoms with van der Waals surface area (Å²) in [6.45, 7) is 0. The molecule has 5 heteroatoms. The summed E-state index contributed by atoms with van der Waals surface area (Å²) < 4.78 is 0. The van der Waals surface area contributed by atoms with Crippen molar-refractivity contribution in [2.24, 2.45) is 0 Å². The lowest BCUT2D eigenvalue weighted by Crippen LogP contribution is -2.21. The van der Waals surface area contributed by atoms with E-state index in [-0.39, 0.29) is 21.9 Å². The summed E-state index contributed by atoms with van der Waals surface area (Å²) >= 11 is 9.71. The first-order valence-corrected chi connectivity index (χ1v) is 5.33. The van der Waals surface area contributed by atoms with Crippen molar-refractivity contribution in [3.8, 4) is 0 Å². The van der Waals surface area contributed by atoms with Gasteiger partial charge in [-0.2, -0.15) is 12.6 Å². The smallest absolute Gasteiger partial charge is 0.150 e. The van der Waals surface area contributed by atoms with Gasteiger partial charge in [-0.15, -0.1) is 0 Å². The molecule has 0 saturated heterocycles. The van der Waals surface area contributed by atoms with E-state index >= 15 is 0 Å². The first kappa shape index (κ1) is 12.5. The Morgan fingerprint density at radius 1 is 1.47 bits per heavy atom. The molecule has 0 amide bonds. The van der Waals surface area contributed by atoms with Gasteiger partial charge in [-0.05, 0) is 6.07 Å². The number of aliphatic hydroxyl groups is 2. The standard InChI is InChI=1S/C10H11ClO3S/c11-7-3-1-2-6(4-12)9(7)10(14)8(13)5-15/h1-4,8,10,13-15H,5H2. The van der Waals surface area contributed by atoms with Crippen LogP contribution in [0.25, 0.3) is 0 Å². The summed E-state index contributed by atoms with van der Waals surface area (Å²) in [4.78, 5) is 10.7. The fourth-order valence-electron chi connectivity index (χ4n) is 1.26. The van der Waals surface area contributed by atoms with Crippen molar-refractivity contribution in [3.63, 3.8) is 0 Å². The fraction of sp³-hybridized carbons (Fsp3) is 0.300. The van der Waals surface area contributed by atoms with E-state index in [1.165, 1.54) is 6.07 Å². The number of benzene rings is 1. The normalized spacial score (nSPS) is 14.7. The van der Waals surface area contributed by atoms with Gasteiger partial charge in [-0.1, -0.05) is 23.7 Å². The highest BCUT2D eigenvalue weighted by Crippen LogP contribution is 2.28.